The fourth-order valence-corrected chi connectivity index (χ4v) is 3.61. The molecule has 3 heterocycles. The molecular weight excluding hydrogens is 312 g/mol. The van der Waals surface area contributed by atoms with Crippen LogP contribution in [0.4, 0.5) is 0 Å². The summed E-state index contributed by atoms with van der Waals surface area (Å²) in [7, 11) is 1.72. The van der Waals surface area contributed by atoms with Crippen LogP contribution in [0.25, 0.3) is 0 Å². The molecule has 0 aromatic carbocycles. The number of carbonyl (C=O) groups is 2. The van der Waals surface area contributed by atoms with Gasteiger partial charge >= 0.3 is 0 Å². The van der Waals surface area contributed by atoms with Crippen LogP contribution in [0.5, 0.6) is 0 Å². The first-order chi connectivity index (χ1) is 10.9. The minimum absolute atomic E-state index is 0.0152. The van der Waals surface area contributed by atoms with Gasteiger partial charge in [-0.3, -0.25) is 14.4 Å². The van der Waals surface area contributed by atoms with E-state index in [0.717, 1.165) is 16.7 Å². The van der Waals surface area contributed by atoms with Crippen molar-refractivity contribution in [2.45, 2.75) is 26.3 Å². The smallest absolute Gasteiger partial charge is 0.250 e. The molecule has 0 bridgehead atoms. The lowest BCUT2D eigenvalue weighted by atomic mass is 10.0. The van der Waals surface area contributed by atoms with Gasteiger partial charge in [-0.15, -0.1) is 11.3 Å². The molecule has 2 aromatic heterocycles. The fraction of sp³-hybridized carbons (Fsp3) is 0.353. The van der Waals surface area contributed by atoms with Crippen molar-refractivity contribution in [3.63, 3.8) is 0 Å². The third-order valence-electron chi connectivity index (χ3n) is 4.13. The number of pyridine rings is 1. The number of nitrogens with zero attached hydrogens (tertiary/aromatic N) is 2. The molecule has 2 aromatic rings. The SMILES string of the molecule is CC(=O)c1cc(CC(=O)N2CCc3cc(=O)n(C)cc3C2)cs1. The maximum Gasteiger partial charge on any atom is 0.250 e. The summed E-state index contributed by atoms with van der Waals surface area (Å²) in [4.78, 5) is 38.0. The van der Waals surface area contributed by atoms with Crippen molar-refractivity contribution in [2.75, 3.05) is 6.54 Å². The van der Waals surface area contributed by atoms with Crippen molar-refractivity contribution in [1.29, 1.82) is 0 Å². The number of Topliss-reactive ketones (excluding diaryl/α,β-unsaturated/α-hetero) is 1. The molecular formula is C17H18N2O3S. The van der Waals surface area contributed by atoms with Crippen molar-refractivity contribution in [3.05, 3.63) is 55.6 Å². The predicted octanol–water partition coefficient (Wildman–Crippen LogP) is 1.78. The molecule has 1 amide bonds. The summed E-state index contributed by atoms with van der Waals surface area (Å²) < 4.78 is 1.55. The Labute approximate surface area is 138 Å². The van der Waals surface area contributed by atoms with E-state index >= 15 is 0 Å². The van der Waals surface area contributed by atoms with Crippen LogP contribution in [0.2, 0.25) is 0 Å². The Kier molecular flexibility index (Phi) is 4.17. The molecule has 6 heteroatoms. The third kappa shape index (κ3) is 3.27. The summed E-state index contributed by atoms with van der Waals surface area (Å²) in [5.74, 6) is 0.0823. The van der Waals surface area contributed by atoms with E-state index in [1.165, 1.54) is 18.3 Å². The van der Waals surface area contributed by atoms with Crippen LogP contribution in [0.3, 0.4) is 0 Å². The normalized spacial score (nSPS) is 13.7. The molecule has 0 saturated carbocycles. The van der Waals surface area contributed by atoms with Crippen LogP contribution < -0.4 is 5.56 Å². The molecule has 0 aliphatic carbocycles. The van der Waals surface area contributed by atoms with Gasteiger partial charge in [-0.25, -0.2) is 0 Å². The first-order valence-corrected chi connectivity index (χ1v) is 8.36. The van der Waals surface area contributed by atoms with Crippen molar-refractivity contribution in [1.82, 2.24) is 9.47 Å². The van der Waals surface area contributed by atoms with Gasteiger partial charge in [0.05, 0.1) is 11.3 Å². The van der Waals surface area contributed by atoms with Crippen molar-refractivity contribution in [3.8, 4) is 0 Å². The van der Waals surface area contributed by atoms with E-state index in [0.29, 0.717) is 30.8 Å². The van der Waals surface area contributed by atoms with Gasteiger partial charge in [-0.05, 0) is 41.5 Å². The maximum absolute atomic E-state index is 12.5. The molecule has 1 aliphatic heterocycles. The quantitative estimate of drug-likeness (QED) is 0.806. The summed E-state index contributed by atoms with van der Waals surface area (Å²) in [6.07, 6.45) is 2.83. The number of hydrogen-bond donors (Lipinski definition) is 0. The van der Waals surface area contributed by atoms with Crippen LogP contribution in [-0.4, -0.2) is 27.7 Å². The average Bonchev–Trinajstić information content (AvgIpc) is 2.96. The Bertz CT molecular complexity index is 835. The Morgan fingerprint density at radius 1 is 1.26 bits per heavy atom. The second kappa shape index (κ2) is 6.12. The van der Waals surface area contributed by atoms with Gasteiger partial charge in [-0.1, -0.05) is 0 Å². The standard InChI is InChI=1S/C17H18N2O3S/c1-11(20)15-5-12(10-23-15)6-17(22)19-4-3-13-7-16(21)18(2)8-14(13)9-19/h5,7-8,10H,3-4,6,9H2,1-2H3. The highest BCUT2D eigenvalue weighted by Gasteiger charge is 2.22. The van der Waals surface area contributed by atoms with E-state index in [9.17, 15) is 14.4 Å². The van der Waals surface area contributed by atoms with Gasteiger partial charge in [0.1, 0.15) is 0 Å². The molecule has 0 unspecified atom stereocenters. The Hall–Kier alpha value is -2.21. The lowest BCUT2D eigenvalue weighted by molar-refractivity contribution is -0.131. The fourth-order valence-electron chi connectivity index (χ4n) is 2.79. The number of thiophene rings is 1. The molecule has 0 atom stereocenters. The summed E-state index contributed by atoms with van der Waals surface area (Å²) in [6, 6.07) is 3.46. The lowest BCUT2D eigenvalue weighted by Crippen LogP contribution is -2.38. The summed E-state index contributed by atoms with van der Waals surface area (Å²) >= 11 is 1.38. The van der Waals surface area contributed by atoms with Crippen LogP contribution in [-0.2, 0) is 31.2 Å². The molecule has 3 rings (SSSR count). The molecule has 23 heavy (non-hydrogen) atoms. The van der Waals surface area contributed by atoms with Crippen molar-refractivity contribution < 1.29 is 9.59 Å². The first kappa shape index (κ1) is 15.7. The van der Waals surface area contributed by atoms with Crippen molar-refractivity contribution >= 4 is 23.0 Å². The number of aromatic nitrogens is 1. The molecule has 0 spiro atoms. The summed E-state index contributed by atoms with van der Waals surface area (Å²) in [5.41, 5.74) is 2.93. The van der Waals surface area contributed by atoms with Gasteiger partial charge in [0.2, 0.25) is 5.91 Å². The minimum Gasteiger partial charge on any atom is -0.338 e. The van der Waals surface area contributed by atoms with Gasteiger partial charge in [0.25, 0.3) is 5.56 Å². The second-order valence-electron chi connectivity index (χ2n) is 5.89. The minimum atomic E-state index is -0.0152. The second-order valence-corrected chi connectivity index (χ2v) is 6.80. The highest BCUT2D eigenvalue weighted by atomic mass is 32.1. The van der Waals surface area contributed by atoms with E-state index < -0.39 is 0 Å². The number of carbonyl (C=O) groups excluding carboxylic acids is 2. The number of ketones is 1. The molecule has 0 N–H and O–H groups in total. The van der Waals surface area contributed by atoms with Gasteiger partial charge in [-0.2, -0.15) is 0 Å². The van der Waals surface area contributed by atoms with Gasteiger partial charge in [0, 0.05) is 32.4 Å². The molecule has 0 radical (unpaired) electrons. The number of amides is 1. The van der Waals surface area contributed by atoms with Crippen molar-refractivity contribution in [2.24, 2.45) is 7.05 Å². The van der Waals surface area contributed by atoms with Crippen LogP contribution in [0.1, 0.15) is 33.3 Å². The summed E-state index contributed by atoms with van der Waals surface area (Å²) in [6.45, 7) is 2.69. The van der Waals surface area contributed by atoms with E-state index in [1.807, 2.05) is 16.5 Å². The van der Waals surface area contributed by atoms with E-state index in [4.69, 9.17) is 0 Å². The van der Waals surface area contributed by atoms with Gasteiger partial charge < -0.3 is 9.47 Å². The Morgan fingerprint density at radius 2 is 2.04 bits per heavy atom. The number of rotatable bonds is 3. The van der Waals surface area contributed by atoms with E-state index in [2.05, 4.69) is 0 Å². The average molecular weight is 330 g/mol. The molecule has 0 fully saturated rings. The Balaban J connectivity index is 1.72. The Morgan fingerprint density at radius 3 is 2.74 bits per heavy atom. The highest BCUT2D eigenvalue weighted by molar-refractivity contribution is 7.12. The van der Waals surface area contributed by atoms with E-state index in [-0.39, 0.29) is 17.2 Å². The third-order valence-corrected chi connectivity index (χ3v) is 5.21. The van der Waals surface area contributed by atoms with E-state index in [1.54, 1.807) is 23.7 Å². The predicted molar refractivity (Wildman–Crippen MR) is 88.8 cm³/mol. The number of hydrogen-bond acceptors (Lipinski definition) is 4. The molecule has 0 saturated heterocycles. The zero-order chi connectivity index (χ0) is 16.6. The number of fused-ring (bicyclic) bond motifs is 1. The zero-order valence-corrected chi connectivity index (χ0v) is 14.0. The zero-order valence-electron chi connectivity index (χ0n) is 13.2. The highest BCUT2D eigenvalue weighted by Crippen LogP contribution is 2.20. The maximum atomic E-state index is 12.5. The van der Waals surface area contributed by atoms with Crippen LogP contribution in [0, 0.1) is 0 Å². The summed E-state index contributed by atoms with van der Waals surface area (Å²) in [5, 5.41) is 1.87. The molecule has 120 valence electrons. The monoisotopic (exact) mass is 330 g/mol. The first-order valence-electron chi connectivity index (χ1n) is 7.48. The lowest BCUT2D eigenvalue weighted by Gasteiger charge is -2.29. The van der Waals surface area contributed by atoms with Crippen LogP contribution in [0.15, 0.2) is 28.5 Å². The molecule has 5 nitrogen and oxygen atoms in total. The van der Waals surface area contributed by atoms with Gasteiger partial charge in [0.15, 0.2) is 5.78 Å². The molecule has 1 aliphatic rings. The largest absolute Gasteiger partial charge is 0.338 e. The van der Waals surface area contributed by atoms with Crippen LogP contribution >= 0.6 is 11.3 Å². The topological polar surface area (TPSA) is 59.4 Å². The number of aryl methyl sites for hydroxylation is 1.